The maximum absolute atomic E-state index is 13.0. The summed E-state index contributed by atoms with van der Waals surface area (Å²) >= 11 is 7.48. The zero-order chi connectivity index (χ0) is 26.9. The lowest BCUT2D eigenvalue weighted by Gasteiger charge is -2.11. The van der Waals surface area contributed by atoms with Crippen LogP contribution in [-0.2, 0) is 9.59 Å². The van der Waals surface area contributed by atoms with E-state index < -0.39 is 11.8 Å². The first-order chi connectivity index (χ1) is 18.4. The molecule has 0 fully saturated rings. The van der Waals surface area contributed by atoms with Crippen molar-refractivity contribution < 1.29 is 18.8 Å². The molecule has 4 aromatic rings. The molecule has 1 aromatic heterocycles. The fraction of sp³-hybridized carbons (Fsp3) is 0.0690. The molecule has 1 heterocycles. The van der Waals surface area contributed by atoms with Gasteiger partial charge in [0.25, 0.3) is 11.8 Å². The normalized spacial score (nSPS) is 11.1. The Balaban J connectivity index is 1.37. The van der Waals surface area contributed by atoms with Crippen molar-refractivity contribution in [1.29, 1.82) is 0 Å². The SMILES string of the molecule is Cc1c(Cl)cccc1NC(=O)CSc1ccc(NC(=O)/C(=C/c2ccco2)NC(=O)c2ccccc2)cc1. The molecule has 0 aliphatic rings. The van der Waals surface area contributed by atoms with Crippen molar-refractivity contribution in [2.45, 2.75) is 11.8 Å². The van der Waals surface area contributed by atoms with Crippen molar-refractivity contribution in [2.24, 2.45) is 0 Å². The average molecular weight is 546 g/mol. The molecule has 4 rings (SSSR count). The summed E-state index contributed by atoms with van der Waals surface area (Å²) in [6.45, 7) is 1.85. The highest BCUT2D eigenvalue weighted by Gasteiger charge is 2.16. The van der Waals surface area contributed by atoms with E-state index in [1.165, 1.54) is 24.1 Å². The van der Waals surface area contributed by atoms with Gasteiger partial charge in [-0.15, -0.1) is 11.8 Å². The Labute approximate surface area is 229 Å². The van der Waals surface area contributed by atoms with Gasteiger partial charge in [0.15, 0.2) is 0 Å². The van der Waals surface area contributed by atoms with Gasteiger partial charge in [0.05, 0.1) is 12.0 Å². The summed E-state index contributed by atoms with van der Waals surface area (Å²) in [5.74, 6) is -0.459. The number of furan rings is 1. The zero-order valence-corrected chi connectivity index (χ0v) is 21.9. The molecular weight excluding hydrogens is 522 g/mol. The molecule has 9 heteroatoms. The molecule has 3 amide bonds. The molecule has 0 radical (unpaired) electrons. The summed E-state index contributed by atoms with van der Waals surface area (Å²) in [6.07, 6.45) is 2.94. The molecule has 3 aromatic carbocycles. The van der Waals surface area contributed by atoms with Crippen LogP contribution in [0.2, 0.25) is 5.02 Å². The van der Waals surface area contributed by atoms with Gasteiger partial charge in [0.2, 0.25) is 5.91 Å². The number of halogens is 1. The van der Waals surface area contributed by atoms with E-state index >= 15 is 0 Å². The molecule has 0 spiro atoms. The molecule has 0 bridgehead atoms. The van der Waals surface area contributed by atoms with Gasteiger partial charge in [-0.3, -0.25) is 14.4 Å². The standard InChI is InChI=1S/C29H24ClN3O4S/c1-19-24(30)10-5-11-25(19)32-27(34)18-38-23-14-12-21(13-15-23)31-29(36)26(17-22-9-6-16-37-22)33-28(35)20-7-3-2-4-8-20/h2-17H,18H2,1H3,(H,31,36)(H,32,34)(H,33,35)/b26-17-. The van der Waals surface area contributed by atoms with Gasteiger partial charge in [0, 0.05) is 32.9 Å². The van der Waals surface area contributed by atoms with Gasteiger partial charge >= 0.3 is 0 Å². The number of anilines is 2. The Hall–Kier alpha value is -4.27. The van der Waals surface area contributed by atoms with Gasteiger partial charge < -0.3 is 20.4 Å². The lowest BCUT2D eigenvalue weighted by atomic mass is 10.2. The second-order valence-corrected chi connectivity index (χ2v) is 9.58. The quantitative estimate of drug-likeness (QED) is 0.167. The first kappa shape index (κ1) is 26.8. The molecular formula is C29H24ClN3O4S. The molecule has 0 saturated carbocycles. The maximum Gasteiger partial charge on any atom is 0.272 e. The number of thioether (sulfide) groups is 1. The van der Waals surface area contributed by atoms with E-state index in [0.717, 1.165) is 10.5 Å². The number of nitrogens with one attached hydrogen (secondary N) is 3. The molecule has 0 unspecified atom stereocenters. The highest BCUT2D eigenvalue weighted by molar-refractivity contribution is 8.00. The van der Waals surface area contributed by atoms with Crippen molar-refractivity contribution in [3.8, 4) is 0 Å². The number of benzene rings is 3. The van der Waals surface area contributed by atoms with Crippen molar-refractivity contribution in [2.75, 3.05) is 16.4 Å². The Morgan fingerprint density at radius 1 is 0.895 bits per heavy atom. The number of carbonyl (C=O) groups is 3. The van der Waals surface area contributed by atoms with E-state index in [1.807, 2.05) is 6.92 Å². The lowest BCUT2D eigenvalue weighted by Crippen LogP contribution is -2.30. The second kappa shape index (κ2) is 12.8. The summed E-state index contributed by atoms with van der Waals surface area (Å²) < 4.78 is 5.31. The number of amides is 3. The van der Waals surface area contributed by atoms with Crippen molar-refractivity contribution >= 4 is 58.5 Å². The first-order valence-electron chi connectivity index (χ1n) is 11.6. The summed E-state index contributed by atoms with van der Waals surface area (Å²) in [7, 11) is 0. The second-order valence-electron chi connectivity index (χ2n) is 8.12. The Morgan fingerprint density at radius 3 is 2.37 bits per heavy atom. The van der Waals surface area contributed by atoms with Crippen LogP contribution in [0.1, 0.15) is 21.7 Å². The zero-order valence-electron chi connectivity index (χ0n) is 20.4. The fourth-order valence-corrected chi connectivity index (χ4v) is 4.24. The van der Waals surface area contributed by atoms with Crippen LogP contribution in [-0.4, -0.2) is 23.5 Å². The van der Waals surface area contributed by atoms with Crippen LogP contribution in [0.4, 0.5) is 11.4 Å². The van der Waals surface area contributed by atoms with Gasteiger partial charge in [-0.25, -0.2) is 0 Å². The average Bonchev–Trinajstić information content (AvgIpc) is 3.44. The Kier molecular flexibility index (Phi) is 9.02. The molecule has 0 atom stereocenters. The minimum atomic E-state index is -0.512. The van der Waals surface area contributed by atoms with Crippen molar-refractivity contribution in [1.82, 2.24) is 5.32 Å². The first-order valence-corrected chi connectivity index (χ1v) is 13.0. The van der Waals surface area contributed by atoms with Crippen LogP contribution in [0.25, 0.3) is 6.08 Å². The summed E-state index contributed by atoms with van der Waals surface area (Å²) in [5, 5.41) is 8.90. The third-order valence-corrected chi connectivity index (χ3v) is 6.80. The number of rotatable bonds is 9. The summed E-state index contributed by atoms with van der Waals surface area (Å²) in [5.41, 5.74) is 2.46. The van der Waals surface area contributed by atoms with Gasteiger partial charge in [-0.2, -0.15) is 0 Å². The summed E-state index contributed by atoms with van der Waals surface area (Å²) in [6, 6.07) is 24.4. The largest absolute Gasteiger partial charge is 0.465 e. The molecule has 3 N–H and O–H groups in total. The van der Waals surface area contributed by atoms with E-state index in [9.17, 15) is 14.4 Å². The van der Waals surface area contributed by atoms with E-state index in [1.54, 1.807) is 84.9 Å². The highest BCUT2D eigenvalue weighted by atomic mass is 35.5. The smallest absolute Gasteiger partial charge is 0.272 e. The van der Waals surface area contributed by atoms with Crippen molar-refractivity contribution in [3.63, 3.8) is 0 Å². The maximum atomic E-state index is 13.0. The van der Waals surface area contributed by atoms with Crippen LogP contribution in [0, 0.1) is 6.92 Å². The van der Waals surface area contributed by atoms with Gasteiger partial charge in [-0.05, 0) is 73.2 Å². The molecule has 0 aliphatic heterocycles. The van der Waals surface area contributed by atoms with Crippen LogP contribution in [0.5, 0.6) is 0 Å². The summed E-state index contributed by atoms with van der Waals surface area (Å²) in [4.78, 5) is 38.9. The van der Waals surface area contributed by atoms with Crippen LogP contribution in [0.15, 0.2) is 106 Å². The fourth-order valence-electron chi connectivity index (χ4n) is 3.37. The lowest BCUT2D eigenvalue weighted by molar-refractivity contribution is -0.114. The van der Waals surface area contributed by atoms with E-state index in [-0.39, 0.29) is 17.4 Å². The third kappa shape index (κ3) is 7.38. The van der Waals surface area contributed by atoms with Crippen LogP contribution in [0.3, 0.4) is 0 Å². The number of hydrogen-bond acceptors (Lipinski definition) is 5. The Morgan fingerprint density at radius 2 is 1.66 bits per heavy atom. The number of hydrogen-bond donors (Lipinski definition) is 3. The molecule has 192 valence electrons. The predicted molar refractivity (Wildman–Crippen MR) is 151 cm³/mol. The van der Waals surface area contributed by atoms with Crippen LogP contribution < -0.4 is 16.0 Å². The minimum Gasteiger partial charge on any atom is -0.465 e. The molecule has 38 heavy (non-hydrogen) atoms. The molecule has 7 nitrogen and oxygen atoms in total. The third-order valence-electron chi connectivity index (χ3n) is 5.38. The molecule has 0 aliphatic carbocycles. The van der Waals surface area contributed by atoms with E-state index in [2.05, 4.69) is 16.0 Å². The van der Waals surface area contributed by atoms with E-state index in [4.69, 9.17) is 16.0 Å². The minimum absolute atomic E-state index is 0.0280. The van der Waals surface area contributed by atoms with Crippen molar-refractivity contribution in [3.05, 3.63) is 119 Å². The van der Waals surface area contributed by atoms with Crippen LogP contribution >= 0.6 is 23.4 Å². The topological polar surface area (TPSA) is 100 Å². The van der Waals surface area contributed by atoms with Gasteiger partial charge in [-0.1, -0.05) is 35.9 Å². The number of carbonyl (C=O) groups excluding carboxylic acids is 3. The predicted octanol–water partition coefficient (Wildman–Crippen LogP) is 6.38. The van der Waals surface area contributed by atoms with E-state index in [0.29, 0.717) is 27.7 Å². The Bertz CT molecular complexity index is 1450. The monoisotopic (exact) mass is 545 g/mol. The molecule has 0 saturated heterocycles. The highest BCUT2D eigenvalue weighted by Crippen LogP contribution is 2.24. The van der Waals surface area contributed by atoms with Gasteiger partial charge in [0.1, 0.15) is 11.5 Å².